The zero-order valence-corrected chi connectivity index (χ0v) is 14.4. The molecule has 0 radical (unpaired) electrons. The molecule has 25 heavy (non-hydrogen) atoms. The largest absolute Gasteiger partial charge is 0.384 e. The molecule has 0 bridgehead atoms. The number of rotatable bonds is 4. The van der Waals surface area contributed by atoms with Crippen LogP contribution >= 0.6 is 0 Å². The first-order valence-electron chi connectivity index (χ1n) is 8.39. The number of pyridine rings is 1. The summed E-state index contributed by atoms with van der Waals surface area (Å²) in [6.45, 7) is 4.79. The maximum absolute atomic E-state index is 12.6. The Hall–Kier alpha value is -2.89. The summed E-state index contributed by atoms with van der Waals surface area (Å²) in [5, 5.41) is 2.73. The average molecular weight is 338 g/mol. The number of nitrogen functional groups attached to an aromatic ring is 1. The van der Waals surface area contributed by atoms with Gasteiger partial charge in [-0.2, -0.15) is 0 Å². The van der Waals surface area contributed by atoms with Crippen LogP contribution < -0.4 is 16.0 Å². The van der Waals surface area contributed by atoms with Crippen LogP contribution in [0.5, 0.6) is 0 Å². The molecule has 3 rings (SSSR count). The van der Waals surface area contributed by atoms with Gasteiger partial charge in [0.25, 0.3) is 0 Å². The molecule has 2 heterocycles. The lowest BCUT2D eigenvalue weighted by Crippen LogP contribution is -2.33. The zero-order valence-electron chi connectivity index (χ0n) is 14.4. The van der Waals surface area contributed by atoms with Crippen molar-refractivity contribution >= 4 is 29.0 Å². The van der Waals surface area contributed by atoms with Crippen LogP contribution in [-0.2, 0) is 9.59 Å². The Balaban J connectivity index is 1.68. The Kier molecular flexibility index (Phi) is 4.70. The molecule has 6 heteroatoms. The highest BCUT2D eigenvalue weighted by molar-refractivity contribution is 6.13. The molecule has 1 aliphatic rings. The molecule has 1 unspecified atom stereocenters. The Bertz CT molecular complexity index is 769. The Morgan fingerprint density at radius 3 is 2.56 bits per heavy atom. The number of nitrogens with two attached hydrogens (primary N) is 1. The molecule has 130 valence electrons. The Morgan fingerprint density at radius 1 is 1.24 bits per heavy atom. The maximum Gasteiger partial charge on any atom is 0.239 e. The normalized spacial score (nSPS) is 17.2. The van der Waals surface area contributed by atoms with Gasteiger partial charge in [0.15, 0.2) is 0 Å². The van der Waals surface area contributed by atoms with E-state index in [-0.39, 0.29) is 11.8 Å². The minimum atomic E-state index is -0.678. The number of nitrogens with one attached hydrogen (secondary N) is 1. The highest BCUT2D eigenvalue weighted by Gasteiger charge is 2.37. The summed E-state index contributed by atoms with van der Waals surface area (Å²) < 4.78 is 0. The molecule has 1 saturated heterocycles. The van der Waals surface area contributed by atoms with Crippen LogP contribution in [0.4, 0.5) is 17.2 Å². The highest BCUT2D eigenvalue weighted by atomic mass is 16.2. The van der Waals surface area contributed by atoms with Gasteiger partial charge in [0.1, 0.15) is 11.7 Å². The topological polar surface area (TPSA) is 88.3 Å². The molecule has 1 aliphatic heterocycles. The lowest BCUT2D eigenvalue weighted by atomic mass is 10.0. The molecular formula is C19H22N4O2. The second-order valence-electron chi connectivity index (χ2n) is 6.54. The van der Waals surface area contributed by atoms with E-state index in [1.807, 2.05) is 24.3 Å². The minimum Gasteiger partial charge on any atom is -0.384 e. The molecule has 6 nitrogen and oxygen atoms in total. The van der Waals surface area contributed by atoms with Crippen LogP contribution in [0.25, 0.3) is 0 Å². The van der Waals surface area contributed by atoms with Gasteiger partial charge in [0.05, 0.1) is 11.9 Å². The summed E-state index contributed by atoms with van der Waals surface area (Å²) in [5.41, 5.74) is 8.12. The van der Waals surface area contributed by atoms with Crippen LogP contribution in [0.3, 0.4) is 0 Å². The van der Waals surface area contributed by atoms with Crippen molar-refractivity contribution in [1.82, 2.24) is 4.98 Å². The molecule has 3 N–H and O–H groups in total. The van der Waals surface area contributed by atoms with Gasteiger partial charge in [0, 0.05) is 12.2 Å². The van der Waals surface area contributed by atoms with Crippen LogP contribution in [0.1, 0.15) is 31.7 Å². The van der Waals surface area contributed by atoms with Gasteiger partial charge in [-0.3, -0.25) is 9.59 Å². The van der Waals surface area contributed by atoms with E-state index < -0.39 is 5.92 Å². The van der Waals surface area contributed by atoms with E-state index in [1.54, 1.807) is 17.0 Å². The van der Waals surface area contributed by atoms with E-state index in [0.29, 0.717) is 30.4 Å². The monoisotopic (exact) mass is 338 g/mol. The van der Waals surface area contributed by atoms with Crippen molar-refractivity contribution in [2.24, 2.45) is 5.92 Å². The van der Waals surface area contributed by atoms with E-state index in [9.17, 15) is 9.59 Å². The van der Waals surface area contributed by atoms with Crippen LogP contribution in [0.2, 0.25) is 0 Å². The first-order chi connectivity index (χ1) is 12.0. The number of hydrogen-bond acceptors (Lipinski definition) is 4. The number of anilines is 3. The van der Waals surface area contributed by atoms with Crippen molar-refractivity contribution in [3.63, 3.8) is 0 Å². The van der Waals surface area contributed by atoms with E-state index in [2.05, 4.69) is 24.1 Å². The molecular weight excluding hydrogens is 316 g/mol. The van der Waals surface area contributed by atoms with Gasteiger partial charge in [-0.1, -0.05) is 26.0 Å². The van der Waals surface area contributed by atoms with Gasteiger partial charge in [-0.05, 0) is 42.2 Å². The Labute approximate surface area is 147 Å². The van der Waals surface area contributed by atoms with Gasteiger partial charge in [-0.25, -0.2) is 4.98 Å². The predicted octanol–water partition coefficient (Wildman–Crippen LogP) is 2.78. The number of benzene rings is 1. The lowest BCUT2D eigenvalue weighted by Gasteiger charge is -2.18. The van der Waals surface area contributed by atoms with Crippen molar-refractivity contribution in [1.29, 1.82) is 0 Å². The molecule has 1 atom stereocenters. The minimum absolute atomic E-state index is 0.168. The molecule has 1 aromatic carbocycles. The first-order valence-corrected chi connectivity index (χ1v) is 8.39. The van der Waals surface area contributed by atoms with E-state index in [0.717, 1.165) is 5.69 Å². The van der Waals surface area contributed by atoms with Crippen molar-refractivity contribution in [3.8, 4) is 0 Å². The molecule has 2 aromatic rings. The standard InChI is InChI=1S/C19H22N4O2/c1-12(2)13-3-6-15(7-4-13)23-10-9-16(19(23)25)18(24)22-14-5-8-17(20)21-11-14/h3-8,11-12,16H,9-10H2,1-2H3,(H2,20,21)(H,22,24). The summed E-state index contributed by atoms with van der Waals surface area (Å²) in [5.74, 6) is -0.334. The number of nitrogens with zero attached hydrogens (tertiary/aromatic N) is 2. The molecule has 0 saturated carbocycles. The van der Waals surface area contributed by atoms with Crippen molar-refractivity contribution < 1.29 is 9.59 Å². The van der Waals surface area contributed by atoms with E-state index in [1.165, 1.54) is 11.8 Å². The fraction of sp³-hybridized carbons (Fsp3) is 0.316. The van der Waals surface area contributed by atoms with Crippen molar-refractivity contribution in [3.05, 3.63) is 48.2 Å². The SMILES string of the molecule is CC(C)c1ccc(N2CCC(C(=O)Nc3ccc(N)nc3)C2=O)cc1. The molecule has 0 aliphatic carbocycles. The quantitative estimate of drug-likeness (QED) is 0.839. The van der Waals surface area contributed by atoms with Crippen LogP contribution in [0, 0.1) is 5.92 Å². The predicted molar refractivity (Wildman–Crippen MR) is 98.3 cm³/mol. The number of aromatic nitrogens is 1. The maximum atomic E-state index is 12.6. The lowest BCUT2D eigenvalue weighted by molar-refractivity contribution is -0.129. The van der Waals surface area contributed by atoms with Crippen LogP contribution in [0.15, 0.2) is 42.6 Å². The smallest absolute Gasteiger partial charge is 0.239 e. The first kappa shape index (κ1) is 17.0. The average Bonchev–Trinajstić information content (AvgIpc) is 2.98. The van der Waals surface area contributed by atoms with Gasteiger partial charge in [-0.15, -0.1) is 0 Å². The fourth-order valence-corrected chi connectivity index (χ4v) is 2.93. The number of hydrogen-bond donors (Lipinski definition) is 2. The van der Waals surface area contributed by atoms with E-state index in [4.69, 9.17) is 5.73 Å². The third-order valence-electron chi connectivity index (χ3n) is 4.45. The summed E-state index contributed by atoms with van der Waals surface area (Å²) >= 11 is 0. The van der Waals surface area contributed by atoms with Crippen molar-refractivity contribution in [2.45, 2.75) is 26.2 Å². The number of carbonyl (C=O) groups excluding carboxylic acids is 2. The van der Waals surface area contributed by atoms with Gasteiger partial charge in [0.2, 0.25) is 11.8 Å². The number of carbonyl (C=O) groups is 2. The summed E-state index contributed by atoms with van der Waals surface area (Å²) in [4.78, 5) is 30.7. The summed E-state index contributed by atoms with van der Waals surface area (Å²) in [7, 11) is 0. The van der Waals surface area contributed by atoms with Crippen LogP contribution in [-0.4, -0.2) is 23.3 Å². The van der Waals surface area contributed by atoms with Crippen molar-refractivity contribution in [2.75, 3.05) is 22.5 Å². The summed E-state index contributed by atoms with van der Waals surface area (Å²) in [6.07, 6.45) is 1.98. The molecule has 2 amide bonds. The van der Waals surface area contributed by atoms with E-state index >= 15 is 0 Å². The number of amides is 2. The second-order valence-corrected chi connectivity index (χ2v) is 6.54. The third-order valence-corrected chi connectivity index (χ3v) is 4.45. The van der Waals surface area contributed by atoms with Gasteiger partial charge < -0.3 is 16.0 Å². The molecule has 1 fully saturated rings. The Morgan fingerprint density at radius 2 is 1.96 bits per heavy atom. The summed E-state index contributed by atoms with van der Waals surface area (Å²) in [6, 6.07) is 11.2. The highest BCUT2D eigenvalue weighted by Crippen LogP contribution is 2.27. The fourth-order valence-electron chi connectivity index (χ4n) is 2.93. The zero-order chi connectivity index (χ0) is 18.0. The molecule has 0 spiro atoms. The molecule has 1 aromatic heterocycles. The third kappa shape index (κ3) is 3.63. The van der Waals surface area contributed by atoms with Gasteiger partial charge >= 0.3 is 0 Å². The second kappa shape index (κ2) is 6.93.